The number of carbonyl (C=O) groups is 1. The third kappa shape index (κ3) is 5.63. The summed E-state index contributed by atoms with van der Waals surface area (Å²) in [5, 5.41) is 7.35. The highest BCUT2D eigenvalue weighted by atomic mass is 19.4. The van der Waals surface area contributed by atoms with Crippen LogP contribution in [-0.4, -0.2) is 46.0 Å². The first-order chi connectivity index (χ1) is 19.6. The number of alkyl halides is 3. The molecule has 3 N–H and O–H groups in total. The number of H-pyrrole nitrogens is 1. The van der Waals surface area contributed by atoms with Crippen molar-refractivity contribution in [2.75, 3.05) is 30.5 Å². The molecule has 4 heterocycles. The van der Waals surface area contributed by atoms with Crippen LogP contribution in [0.4, 0.5) is 24.5 Å². The van der Waals surface area contributed by atoms with Crippen LogP contribution in [0.1, 0.15) is 45.5 Å². The first-order valence-corrected chi connectivity index (χ1v) is 13.4. The maximum atomic E-state index is 13.7. The normalized spacial score (nSPS) is 16.3. The van der Waals surface area contributed by atoms with E-state index in [-0.39, 0.29) is 5.69 Å². The van der Waals surface area contributed by atoms with Gasteiger partial charge in [0.15, 0.2) is 0 Å². The maximum absolute atomic E-state index is 13.7. The van der Waals surface area contributed by atoms with Gasteiger partial charge in [-0.2, -0.15) is 13.2 Å². The molecular weight excluding hydrogens is 531 g/mol. The number of pyridine rings is 1. The molecular formula is C30H30F3N7O. The number of hydrazine groups is 2. The zero-order chi connectivity index (χ0) is 28.7. The number of hydrogen-bond donors (Lipinski definition) is 3. The molecule has 212 valence electrons. The van der Waals surface area contributed by atoms with Crippen LogP contribution in [0.5, 0.6) is 0 Å². The minimum Gasteiger partial charge on any atom is -0.346 e. The van der Waals surface area contributed by atoms with Crippen LogP contribution in [-0.2, 0) is 12.7 Å². The Labute approximate surface area is 235 Å². The highest BCUT2D eigenvalue weighted by Crippen LogP contribution is 2.33. The van der Waals surface area contributed by atoms with Gasteiger partial charge >= 0.3 is 6.18 Å². The average Bonchev–Trinajstić information content (AvgIpc) is 3.69. The van der Waals surface area contributed by atoms with Crippen LogP contribution in [0.25, 0.3) is 16.7 Å². The number of nitrogens with one attached hydrogen (secondary N) is 3. The molecule has 2 aromatic carbocycles. The number of halogens is 3. The number of aromatic amines is 1. The Morgan fingerprint density at radius 3 is 2.66 bits per heavy atom. The molecule has 4 aromatic rings. The van der Waals surface area contributed by atoms with Gasteiger partial charge in [0.2, 0.25) is 0 Å². The topological polar surface area (TPSA) is 79.5 Å². The Morgan fingerprint density at radius 2 is 1.88 bits per heavy atom. The number of rotatable bonds is 6. The lowest BCUT2D eigenvalue weighted by molar-refractivity contribution is -0.137. The summed E-state index contributed by atoms with van der Waals surface area (Å²) in [7, 11) is 1.85. The molecule has 41 heavy (non-hydrogen) atoms. The van der Waals surface area contributed by atoms with Gasteiger partial charge in [0, 0.05) is 54.4 Å². The fourth-order valence-corrected chi connectivity index (χ4v) is 5.34. The predicted molar refractivity (Wildman–Crippen MR) is 153 cm³/mol. The standard InChI is InChI=1S/C30H30F3N7O/c1-19-5-6-22(14-27(19)40-18-26(37-38(40)2)23-13-21-7-8-34-28(21)35-16-23)29(41)36-25-12-20(17-39-9-3-4-10-39)11-24(15-25)30(31,32)33/h5-8,11-16,18,37H,3-4,9-10,17H2,1-2H3,(H,34,35)(H,36,41). The zero-order valence-corrected chi connectivity index (χ0v) is 22.7. The van der Waals surface area contributed by atoms with Gasteiger partial charge in [-0.05, 0) is 86.4 Å². The van der Waals surface area contributed by atoms with E-state index in [4.69, 9.17) is 0 Å². The van der Waals surface area contributed by atoms with Crippen molar-refractivity contribution in [2.24, 2.45) is 0 Å². The van der Waals surface area contributed by atoms with Gasteiger partial charge in [0.25, 0.3) is 5.91 Å². The Balaban J connectivity index is 1.25. The van der Waals surface area contributed by atoms with Gasteiger partial charge in [0.1, 0.15) is 5.65 Å². The molecule has 2 aromatic heterocycles. The van der Waals surface area contributed by atoms with Gasteiger partial charge in [-0.25, -0.2) is 4.98 Å². The highest BCUT2D eigenvalue weighted by Gasteiger charge is 2.32. The molecule has 0 radical (unpaired) electrons. The summed E-state index contributed by atoms with van der Waals surface area (Å²) in [5.41, 5.74) is 7.69. The quantitative estimate of drug-likeness (QED) is 0.272. The van der Waals surface area contributed by atoms with Crippen molar-refractivity contribution < 1.29 is 18.0 Å². The fourth-order valence-electron chi connectivity index (χ4n) is 5.34. The molecule has 1 fully saturated rings. The summed E-state index contributed by atoms with van der Waals surface area (Å²) in [6.45, 7) is 4.06. The highest BCUT2D eigenvalue weighted by molar-refractivity contribution is 6.05. The van der Waals surface area contributed by atoms with Gasteiger partial charge in [-0.3, -0.25) is 20.1 Å². The zero-order valence-electron chi connectivity index (χ0n) is 22.7. The number of carbonyl (C=O) groups excluding carboxylic acids is 1. The van der Waals surface area contributed by atoms with Crippen LogP contribution in [0.3, 0.4) is 0 Å². The monoisotopic (exact) mass is 561 g/mol. The second kappa shape index (κ2) is 10.6. The van der Waals surface area contributed by atoms with Crippen molar-refractivity contribution in [2.45, 2.75) is 32.5 Å². The number of aryl methyl sites for hydroxylation is 1. The molecule has 0 bridgehead atoms. The third-order valence-corrected chi connectivity index (χ3v) is 7.47. The van der Waals surface area contributed by atoms with Gasteiger partial charge in [-0.1, -0.05) is 6.07 Å². The fraction of sp³-hybridized carbons (Fsp3) is 0.267. The Hall–Kier alpha value is -4.35. The van der Waals surface area contributed by atoms with E-state index in [9.17, 15) is 18.0 Å². The molecule has 2 aliphatic heterocycles. The average molecular weight is 562 g/mol. The number of hydrogen-bond acceptors (Lipinski definition) is 6. The Bertz CT molecular complexity index is 1640. The summed E-state index contributed by atoms with van der Waals surface area (Å²) >= 11 is 0. The van der Waals surface area contributed by atoms with E-state index in [1.807, 2.05) is 49.6 Å². The van der Waals surface area contributed by atoms with Crippen molar-refractivity contribution in [3.8, 4) is 0 Å². The lowest BCUT2D eigenvalue weighted by atomic mass is 10.1. The van der Waals surface area contributed by atoms with E-state index in [0.29, 0.717) is 17.7 Å². The van der Waals surface area contributed by atoms with E-state index in [1.54, 1.807) is 29.5 Å². The second-order valence-corrected chi connectivity index (χ2v) is 10.5. The minimum atomic E-state index is -4.52. The van der Waals surface area contributed by atoms with Crippen molar-refractivity contribution in [3.63, 3.8) is 0 Å². The summed E-state index contributed by atoms with van der Waals surface area (Å²) in [5.74, 6) is -0.487. The molecule has 11 heteroatoms. The van der Waals surface area contributed by atoms with Crippen LogP contribution in [0, 0.1) is 6.92 Å². The first kappa shape index (κ1) is 26.9. The van der Waals surface area contributed by atoms with E-state index < -0.39 is 17.6 Å². The number of anilines is 2. The van der Waals surface area contributed by atoms with Gasteiger partial charge in [0.05, 0.1) is 16.9 Å². The molecule has 0 spiro atoms. The van der Waals surface area contributed by atoms with Gasteiger partial charge < -0.3 is 10.3 Å². The summed E-state index contributed by atoms with van der Waals surface area (Å²) in [6, 6.07) is 13.0. The molecule has 0 unspecified atom stereocenters. The third-order valence-electron chi connectivity index (χ3n) is 7.47. The molecule has 0 atom stereocenters. The van der Waals surface area contributed by atoms with Crippen LogP contribution >= 0.6 is 0 Å². The predicted octanol–water partition coefficient (Wildman–Crippen LogP) is 5.91. The molecule has 6 rings (SSSR count). The van der Waals surface area contributed by atoms with E-state index in [0.717, 1.165) is 65.5 Å². The summed E-state index contributed by atoms with van der Waals surface area (Å²) < 4.78 is 41.1. The van der Waals surface area contributed by atoms with Gasteiger partial charge in [-0.15, -0.1) is 5.12 Å². The molecule has 8 nitrogen and oxygen atoms in total. The number of nitrogens with zero attached hydrogens (tertiary/aromatic N) is 4. The van der Waals surface area contributed by atoms with E-state index >= 15 is 0 Å². The molecule has 1 amide bonds. The molecule has 0 saturated carbocycles. The first-order valence-electron chi connectivity index (χ1n) is 13.4. The lowest BCUT2D eigenvalue weighted by Crippen LogP contribution is -2.39. The second-order valence-electron chi connectivity index (χ2n) is 10.5. The van der Waals surface area contributed by atoms with Crippen LogP contribution in [0.15, 0.2) is 67.1 Å². The largest absolute Gasteiger partial charge is 0.416 e. The minimum absolute atomic E-state index is 0.121. The SMILES string of the molecule is Cc1ccc(C(=O)Nc2cc(CN3CCCC3)cc(C(F)(F)F)c2)cc1N1C=C(c2cnc3[nH]ccc3c2)NN1C. The van der Waals surface area contributed by atoms with Crippen molar-refractivity contribution in [1.82, 2.24) is 25.4 Å². The van der Waals surface area contributed by atoms with Crippen molar-refractivity contribution in [3.05, 3.63) is 94.9 Å². The number of fused-ring (bicyclic) bond motifs is 1. The number of benzene rings is 2. The summed E-state index contributed by atoms with van der Waals surface area (Å²) in [6.07, 6.45) is 3.08. The molecule has 0 aliphatic carbocycles. The maximum Gasteiger partial charge on any atom is 0.416 e. The van der Waals surface area contributed by atoms with E-state index in [2.05, 4.69) is 25.6 Å². The molecule has 2 aliphatic rings. The van der Waals surface area contributed by atoms with Crippen molar-refractivity contribution >= 4 is 34.0 Å². The summed E-state index contributed by atoms with van der Waals surface area (Å²) in [4.78, 5) is 23.0. The smallest absolute Gasteiger partial charge is 0.346 e. The van der Waals surface area contributed by atoms with E-state index in [1.165, 1.54) is 6.07 Å². The number of aromatic nitrogens is 2. The number of amides is 1. The van der Waals surface area contributed by atoms with Crippen molar-refractivity contribution in [1.29, 1.82) is 0 Å². The number of likely N-dealkylation sites (tertiary alicyclic amines) is 1. The Kier molecular flexibility index (Phi) is 6.92. The Morgan fingerprint density at radius 1 is 1.07 bits per heavy atom. The lowest BCUT2D eigenvalue weighted by Gasteiger charge is -2.26. The van der Waals surface area contributed by atoms with Crippen LogP contribution in [0.2, 0.25) is 0 Å². The molecule has 1 saturated heterocycles. The van der Waals surface area contributed by atoms with Crippen LogP contribution < -0.4 is 15.8 Å².